The Labute approximate surface area is 205 Å². The third-order valence-electron chi connectivity index (χ3n) is 9.03. The third-order valence-corrected chi connectivity index (χ3v) is 9.03. The van der Waals surface area contributed by atoms with E-state index >= 15 is 0 Å². The summed E-state index contributed by atoms with van der Waals surface area (Å²) in [6.07, 6.45) is 6.10. The second kappa shape index (κ2) is 7.80. The van der Waals surface area contributed by atoms with Crippen molar-refractivity contribution in [2.75, 3.05) is 13.1 Å². The summed E-state index contributed by atoms with van der Waals surface area (Å²) >= 11 is 0. The van der Waals surface area contributed by atoms with Gasteiger partial charge < -0.3 is 15.2 Å². The van der Waals surface area contributed by atoms with Crippen molar-refractivity contribution in [1.29, 1.82) is 0 Å². The molecule has 2 aromatic heterocycles. The number of phenols is 1. The van der Waals surface area contributed by atoms with Crippen molar-refractivity contribution in [3.8, 4) is 11.4 Å². The van der Waals surface area contributed by atoms with Gasteiger partial charge >= 0.3 is 0 Å². The summed E-state index contributed by atoms with van der Waals surface area (Å²) in [5.74, 6) is 0.969. The zero-order valence-electron chi connectivity index (χ0n) is 20.7. The quantitative estimate of drug-likeness (QED) is 0.540. The predicted octanol–water partition coefficient (Wildman–Crippen LogP) is 3.15. The van der Waals surface area contributed by atoms with E-state index in [2.05, 4.69) is 23.7 Å². The van der Waals surface area contributed by atoms with E-state index in [1.165, 1.54) is 12.8 Å². The normalized spacial score (nSPS) is 28.5. The minimum absolute atomic E-state index is 0.0333. The molecule has 7 nitrogen and oxygen atoms in total. The zero-order chi connectivity index (χ0) is 24.5. The maximum atomic E-state index is 12.8. The molecule has 2 aliphatic carbocycles. The molecule has 3 heterocycles. The number of piperidine rings is 1. The van der Waals surface area contributed by atoms with E-state index in [0.717, 1.165) is 59.2 Å². The highest BCUT2D eigenvalue weighted by atomic mass is 16.3. The first-order valence-electron chi connectivity index (χ1n) is 12.7. The van der Waals surface area contributed by atoms with Gasteiger partial charge in [-0.15, -0.1) is 0 Å². The van der Waals surface area contributed by atoms with Gasteiger partial charge in [0.05, 0.1) is 17.0 Å². The molecule has 6 rings (SSSR count). The van der Waals surface area contributed by atoms with Crippen molar-refractivity contribution in [2.24, 2.45) is 5.92 Å². The minimum atomic E-state index is -1.02. The Morgan fingerprint density at radius 1 is 1.17 bits per heavy atom. The number of hydrogen-bond acceptors (Lipinski definition) is 5. The standard InChI is InChI=1S/C28H34N4O3/c1-17-4-7-22(33)13-24(17)27-9-11-31(16-20-5-6-20)19(3)28(27,35)14-23-18(2)30-32(25(23)15-27)21-8-10-29-26(34)12-21/h4,7-8,10,12-13,19-20,33,35H,5-6,9,11,14-16H2,1-3H3,(H,29,34)/t19-,27-,28-/m1/s1. The fraction of sp³-hybridized carbons (Fsp3) is 0.500. The number of aromatic nitrogens is 3. The van der Waals surface area contributed by atoms with Crippen molar-refractivity contribution in [2.45, 2.75) is 69.9 Å². The van der Waals surface area contributed by atoms with Crippen molar-refractivity contribution < 1.29 is 10.2 Å². The van der Waals surface area contributed by atoms with Crippen LogP contribution in [0.1, 0.15) is 54.3 Å². The van der Waals surface area contributed by atoms with Crippen LogP contribution in [0.2, 0.25) is 0 Å². The molecule has 0 amide bonds. The number of aromatic amines is 1. The summed E-state index contributed by atoms with van der Waals surface area (Å²) in [6.45, 7) is 8.18. The number of benzene rings is 1. The van der Waals surface area contributed by atoms with Gasteiger partial charge in [0.2, 0.25) is 5.56 Å². The first kappa shape index (κ1) is 22.6. The molecule has 0 bridgehead atoms. The van der Waals surface area contributed by atoms with Gasteiger partial charge in [-0.2, -0.15) is 5.10 Å². The lowest BCUT2D eigenvalue weighted by atomic mass is 9.53. The molecule has 7 heteroatoms. The highest BCUT2D eigenvalue weighted by Gasteiger charge is 2.62. The van der Waals surface area contributed by atoms with Crippen LogP contribution in [-0.4, -0.2) is 54.6 Å². The first-order chi connectivity index (χ1) is 16.7. The van der Waals surface area contributed by atoms with Gasteiger partial charge in [-0.3, -0.25) is 9.69 Å². The number of phenolic OH excluding ortho intramolecular Hbond substituents is 1. The van der Waals surface area contributed by atoms with Crippen molar-refractivity contribution in [3.63, 3.8) is 0 Å². The Balaban J connectivity index is 1.55. The van der Waals surface area contributed by atoms with Crippen LogP contribution < -0.4 is 5.56 Å². The molecular weight excluding hydrogens is 440 g/mol. The number of hydrogen-bond donors (Lipinski definition) is 3. The van der Waals surface area contributed by atoms with E-state index < -0.39 is 11.0 Å². The van der Waals surface area contributed by atoms with Crippen molar-refractivity contribution in [1.82, 2.24) is 19.7 Å². The Hall–Kier alpha value is -2.90. The monoisotopic (exact) mass is 474 g/mol. The number of nitrogens with zero attached hydrogens (tertiary/aromatic N) is 3. The predicted molar refractivity (Wildman–Crippen MR) is 134 cm³/mol. The smallest absolute Gasteiger partial charge is 0.250 e. The lowest BCUT2D eigenvalue weighted by Crippen LogP contribution is -2.71. The number of H-pyrrole nitrogens is 1. The fourth-order valence-electron chi connectivity index (χ4n) is 6.83. The highest BCUT2D eigenvalue weighted by Crippen LogP contribution is 2.55. The summed E-state index contributed by atoms with van der Waals surface area (Å²) in [5.41, 5.74) is 4.06. The van der Waals surface area contributed by atoms with Gasteiger partial charge in [0, 0.05) is 48.8 Å². The van der Waals surface area contributed by atoms with Crippen molar-refractivity contribution in [3.05, 3.63) is 75.0 Å². The van der Waals surface area contributed by atoms with Gasteiger partial charge in [-0.1, -0.05) is 6.07 Å². The van der Waals surface area contributed by atoms with Crippen LogP contribution in [0, 0.1) is 19.8 Å². The fourth-order valence-corrected chi connectivity index (χ4v) is 6.83. The van der Waals surface area contributed by atoms with Crippen LogP contribution in [0.25, 0.3) is 5.69 Å². The SMILES string of the molecule is Cc1ccc(O)cc1[C@]12CCN(CC3CC3)[C@H](C)[C@]1(O)Cc1c(C)nn(-c3cc[nH]c(=O)c3)c1C2. The van der Waals surface area contributed by atoms with Crippen LogP contribution in [0.3, 0.4) is 0 Å². The average molecular weight is 475 g/mol. The zero-order valence-corrected chi connectivity index (χ0v) is 20.7. The number of rotatable bonds is 4. The van der Waals surface area contributed by atoms with Gasteiger partial charge in [0.1, 0.15) is 5.75 Å². The Kier molecular flexibility index (Phi) is 5.03. The summed E-state index contributed by atoms with van der Waals surface area (Å²) < 4.78 is 1.89. The van der Waals surface area contributed by atoms with Crippen LogP contribution in [0.15, 0.2) is 41.3 Å². The van der Waals surface area contributed by atoms with Gasteiger partial charge in [0.25, 0.3) is 0 Å². The van der Waals surface area contributed by atoms with E-state index in [4.69, 9.17) is 5.10 Å². The van der Waals surface area contributed by atoms with Gasteiger partial charge in [0.15, 0.2) is 0 Å². The summed E-state index contributed by atoms with van der Waals surface area (Å²) in [4.78, 5) is 17.3. The largest absolute Gasteiger partial charge is 0.508 e. The number of aromatic hydroxyl groups is 1. The molecule has 3 N–H and O–H groups in total. The molecule has 1 saturated heterocycles. The molecular formula is C28H34N4O3. The van der Waals surface area contributed by atoms with E-state index in [0.29, 0.717) is 12.8 Å². The van der Waals surface area contributed by atoms with Crippen LogP contribution in [-0.2, 0) is 18.3 Å². The number of nitrogens with one attached hydrogen (secondary N) is 1. The van der Waals surface area contributed by atoms with Crippen LogP contribution in [0.4, 0.5) is 0 Å². The Bertz CT molecular complexity index is 1360. The number of pyridine rings is 1. The van der Waals surface area contributed by atoms with Crippen LogP contribution in [0.5, 0.6) is 5.75 Å². The molecule has 35 heavy (non-hydrogen) atoms. The minimum Gasteiger partial charge on any atom is -0.508 e. The van der Waals surface area contributed by atoms with Crippen molar-refractivity contribution >= 4 is 0 Å². The molecule has 3 atom stereocenters. The maximum absolute atomic E-state index is 12.8. The van der Waals surface area contributed by atoms with E-state index in [-0.39, 0.29) is 17.4 Å². The second-order valence-electron chi connectivity index (χ2n) is 11.1. The molecule has 0 spiro atoms. The topological polar surface area (TPSA) is 94.4 Å². The number of aliphatic hydroxyl groups is 1. The molecule has 2 fully saturated rings. The molecule has 1 saturated carbocycles. The maximum Gasteiger partial charge on any atom is 0.250 e. The molecule has 184 valence electrons. The molecule has 1 aromatic carbocycles. The highest BCUT2D eigenvalue weighted by molar-refractivity contribution is 5.50. The third kappa shape index (κ3) is 3.39. The average Bonchev–Trinajstić information content (AvgIpc) is 3.60. The number of aryl methyl sites for hydroxylation is 2. The summed E-state index contributed by atoms with van der Waals surface area (Å²) in [5, 5.41) is 28.1. The second-order valence-corrected chi connectivity index (χ2v) is 11.1. The molecule has 0 radical (unpaired) electrons. The Morgan fingerprint density at radius 3 is 2.71 bits per heavy atom. The van der Waals surface area contributed by atoms with E-state index in [1.807, 2.05) is 29.8 Å². The lowest BCUT2D eigenvalue weighted by molar-refractivity contribution is -0.139. The molecule has 3 aromatic rings. The molecule has 3 aliphatic rings. The number of fused-ring (bicyclic) bond motifs is 2. The summed E-state index contributed by atoms with van der Waals surface area (Å²) in [7, 11) is 0. The Morgan fingerprint density at radius 2 is 1.97 bits per heavy atom. The van der Waals surface area contributed by atoms with E-state index in [9.17, 15) is 15.0 Å². The summed E-state index contributed by atoms with van der Waals surface area (Å²) in [6, 6.07) is 8.93. The molecule has 0 unspecified atom stereocenters. The number of likely N-dealkylation sites (tertiary alicyclic amines) is 1. The lowest BCUT2D eigenvalue weighted by Gasteiger charge is -2.60. The van der Waals surface area contributed by atoms with Gasteiger partial charge in [-0.25, -0.2) is 4.68 Å². The first-order valence-corrected chi connectivity index (χ1v) is 12.7. The van der Waals surface area contributed by atoms with E-state index in [1.54, 1.807) is 18.3 Å². The van der Waals surface area contributed by atoms with Crippen LogP contribution >= 0.6 is 0 Å². The van der Waals surface area contributed by atoms with Gasteiger partial charge in [-0.05, 0) is 87.4 Å². The molecule has 1 aliphatic heterocycles.